The summed E-state index contributed by atoms with van der Waals surface area (Å²) in [5.74, 6) is -0.505. The Bertz CT molecular complexity index is 239. The summed E-state index contributed by atoms with van der Waals surface area (Å²) in [4.78, 5) is 11.0. The monoisotopic (exact) mass is 314 g/mol. The van der Waals surface area contributed by atoms with Crippen molar-refractivity contribution in [1.29, 1.82) is 0 Å². The first-order valence-electron chi connectivity index (χ1n) is 9.53. The fourth-order valence-corrected chi connectivity index (χ4v) is 2.59. The van der Waals surface area contributed by atoms with Crippen LogP contribution in [-0.2, 0) is 9.53 Å². The van der Waals surface area contributed by atoms with E-state index >= 15 is 0 Å². The van der Waals surface area contributed by atoms with Crippen LogP contribution in [-0.4, -0.2) is 23.8 Å². The molecule has 0 amide bonds. The van der Waals surface area contributed by atoms with Crippen molar-refractivity contribution in [2.45, 2.75) is 110 Å². The Kier molecular flexibility index (Phi) is 16.4. The molecule has 0 aromatic rings. The molecule has 0 aromatic carbocycles. The maximum Gasteiger partial charge on any atom is 0.334 e. The Morgan fingerprint density at radius 1 is 0.773 bits per heavy atom. The Morgan fingerprint density at radius 2 is 1.14 bits per heavy atom. The number of esters is 1. The predicted molar refractivity (Wildman–Crippen MR) is 93.0 cm³/mol. The van der Waals surface area contributed by atoms with Crippen molar-refractivity contribution in [2.75, 3.05) is 6.61 Å². The number of carbonyl (C=O) groups excluding carboxylic acids is 1. The highest BCUT2D eigenvalue weighted by molar-refractivity contribution is 5.73. The zero-order chi connectivity index (χ0) is 16.5. The minimum Gasteiger partial charge on any atom is -0.464 e. The standard InChI is InChI=1S/C19H38O3/c1-3-4-5-6-7-8-9-10-11-12-13-14-15-16-17-22-19(21)18(2)20/h18,20H,3-17H2,1-2H3. The molecule has 0 spiro atoms. The number of carbonyl (C=O) groups is 1. The zero-order valence-electron chi connectivity index (χ0n) is 14.9. The lowest BCUT2D eigenvalue weighted by molar-refractivity contribution is -0.152. The smallest absolute Gasteiger partial charge is 0.334 e. The topological polar surface area (TPSA) is 46.5 Å². The maximum atomic E-state index is 11.0. The van der Waals surface area contributed by atoms with Crippen LogP contribution in [0.15, 0.2) is 0 Å². The second-order valence-corrected chi connectivity index (χ2v) is 6.44. The number of aliphatic hydroxyl groups is 1. The van der Waals surface area contributed by atoms with Crippen molar-refractivity contribution in [3.05, 3.63) is 0 Å². The van der Waals surface area contributed by atoms with Crippen molar-refractivity contribution in [3.8, 4) is 0 Å². The first kappa shape index (κ1) is 21.4. The molecular weight excluding hydrogens is 276 g/mol. The molecule has 0 bridgehead atoms. The summed E-state index contributed by atoms with van der Waals surface area (Å²) in [5, 5.41) is 8.96. The maximum absolute atomic E-state index is 11.0. The zero-order valence-corrected chi connectivity index (χ0v) is 14.9. The number of aliphatic hydroxyl groups excluding tert-OH is 1. The van der Waals surface area contributed by atoms with Gasteiger partial charge in [0.05, 0.1) is 6.61 Å². The third-order valence-electron chi connectivity index (χ3n) is 4.08. The van der Waals surface area contributed by atoms with E-state index in [0.29, 0.717) is 6.61 Å². The molecule has 0 heterocycles. The molecule has 0 aromatic heterocycles. The molecule has 0 saturated heterocycles. The molecule has 132 valence electrons. The van der Waals surface area contributed by atoms with E-state index in [1.165, 1.54) is 84.0 Å². The van der Waals surface area contributed by atoms with Gasteiger partial charge in [-0.25, -0.2) is 4.79 Å². The van der Waals surface area contributed by atoms with Crippen LogP contribution in [0.5, 0.6) is 0 Å². The van der Waals surface area contributed by atoms with Gasteiger partial charge in [0, 0.05) is 0 Å². The molecule has 3 nitrogen and oxygen atoms in total. The number of hydrogen-bond acceptors (Lipinski definition) is 3. The van der Waals surface area contributed by atoms with Gasteiger partial charge in [-0.1, -0.05) is 90.4 Å². The Labute approximate surface area is 137 Å². The normalized spacial score (nSPS) is 12.3. The molecule has 3 heteroatoms. The highest BCUT2D eigenvalue weighted by Crippen LogP contribution is 2.12. The van der Waals surface area contributed by atoms with E-state index < -0.39 is 12.1 Å². The van der Waals surface area contributed by atoms with E-state index in [4.69, 9.17) is 9.84 Å². The molecule has 1 N–H and O–H groups in total. The van der Waals surface area contributed by atoms with Crippen molar-refractivity contribution in [3.63, 3.8) is 0 Å². The lowest BCUT2D eigenvalue weighted by Crippen LogP contribution is -2.19. The van der Waals surface area contributed by atoms with Gasteiger partial charge in [-0.2, -0.15) is 0 Å². The van der Waals surface area contributed by atoms with Crippen LogP contribution in [0.25, 0.3) is 0 Å². The molecule has 22 heavy (non-hydrogen) atoms. The second kappa shape index (κ2) is 16.8. The number of unbranched alkanes of at least 4 members (excludes halogenated alkanes) is 13. The molecule has 0 aliphatic carbocycles. The van der Waals surface area contributed by atoms with Crippen molar-refractivity contribution in [1.82, 2.24) is 0 Å². The SMILES string of the molecule is CCCCCCCCCCCCCCCCOC(=O)C(C)O. The summed E-state index contributed by atoms with van der Waals surface area (Å²) in [7, 11) is 0. The molecular formula is C19H38O3. The van der Waals surface area contributed by atoms with Crippen LogP contribution in [0.3, 0.4) is 0 Å². The summed E-state index contributed by atoms with van der Waals surface area (Å²) >= 11 is 0. The van der Waals surface area contributed by atoms with E-state index in [1.807, 2.05) is 0 Å². The van der Waals surface area contributed by atoms with E-state index in [1.54, 1.807) is 0 Å². The lowest BCUT2D eigenvalue weighted by Gasteiger charge is -2.06. The Hall–Kier alpha value is -0.570. The molecule has 1 atom stereocenters. The molecule has 1 unspecified atom stereocenters. The summed E-state index contributed by atoms with van der Waals surface area (Å²) < 4.78 is 4.92. The van der Waals surface area contributed by atoms with Crippen LogP contribution in [0.4, 0.5) is 0 Å². The summed E-state index contributed by atoms with van der Waals surface area (Å²) in [6.45, 7) is 4.15. The van der Waals surface area contributed by atoms with Crippen LogP contribution >= 0.6 is 0 Å². The van der Waals surface area contributed by atoms with E-state index in [0.717, 1.165) is 12.8 Å². The molecule has 0 aliphatic rings. The van der Waals surface area contributed by atoms with Crippen LogP contribution in [0.2, 0.25) is 0 Å². The Morgan fingerprint density at radius 3 is 1.50 bits per heavy atom. The average Bonchev–Trinajstić information content (AvgIpc) is 2.50. The van der Waals surface area contributed by atoms with Crippen LogP contribution in [0, 0.1) is 0 Å². The highest BCUT2D eigenvalue weighted by Gasteiger charge is 2.08. The van der Waals surface area contributed by atoms with Crippen molar-refractivity contribution in [2.24, 2.45) is 0 Å². The minimum absolute atomic E-state index is 0.446. The summed E-state index contributed by atoms with van der Waals surface area (Å²) in [6.07, 6.45) is 17.5. The van der Waals surface area contributed by atoms with Crippen LogP contribution in [0.1, 0.15) is 104 Å². The number of ether oxygens (including phenoxy) is 1. The van der Waals surface area contributed by atoms with Gasteiger partial charge in [0.1, 0.15) is 6.10 Å². The molecule has 0 rings (SSSR count). The van der Waals surface area contributed by atoms with E-state index in [2.05, 4.69) is 6.92 Å². The van der Waals surface area contributed by atoms with Gasteiger partial charge in [0.25, 0.3) is 0 Å². The predicted octanol–water partition coefficient (Wildman–Crippen LogP) is 5.39. The van der Waals surface area contributed by atoms with Gasteiger partial charge in [-0.15, -0.1) is 0 Å². The fraction of sp³-hybridized carbons (Fsp3) is 0.947. The van der Waals surface area contributed by atoms with Gasteiger partial charge >= 0.3 is 5.97 Å². The van der Waals surface area contributed by atoms with Crippen molar-refractivity contribution >= 4 is 5.97 Å². The summed E-state index contributed by atoms with van der Waals surface area (Å²) in [6, 6.07) is 0. The quantitative estimate of drug-likeness (QED) is 0.307. The van der Waals surface area contributed by atoms with E-state index in [-0.39, 0.29) is 0 Å². The van der Waals surface area contributed by atoms with Gasteiger partial charge in [0.15, 0.2) is 0 Å². The van der Waals surface area contributed by atoms with Gasteiger partial charge in [-0.05, 0) is 13.3 Å². The van der Waals surface area contributed by atoms with Crippen LogP contribution < -0.4 is 0 Å². The molecule has 0 fully saturated rings. The first-order chi connectivity index (χ1) is 10.7. The number of hydrogen-bond donors (Lipinski definition) is 1. The fourth-order valence-electron chi connectivity index (χ4n) is 2.59. The third-order valence-corrected chi connectivity index (χ3v) is 4.08. The van der Waals surface area contributed by atoms with Gasteiger partial charge in [-0.3, -0.25) is 0 Å². The molecule has 0 aliphatic heterocycles. The minimum atomic E-state index is -0.994. The highest BCUT2D eigenvalue weighted by atomic mass is 16.5. The van der Waals surface area contributed by atoms with Gasteiger partial charge < -0.3 is 9.84 Å². The first-order valence-corrected chi connectivity index (χ1v) is 9.53. The van der Waals surface area contributed by atoms with Gasteiger partial charge in [0.2, 0.25) is 0 Å². The van der Waals surface area contributed by atoms with E-state index in [9.17, 15) is 4.79 Å². The number of rotatable bonds is 16. The average molecular weight is 315 g/mol. The summed E-state index contributed by atoms with van der Waals surface area (Å²) in [5.41, 5.74) is 0. The molecule has 0 saturated carbocycles. The Balaban J connectivity index is 3.04. The lowest BCUT2D eigenvalue weighted by atomic mass is 10.0. The molecule has 0 radical (unpaired) electrons. The second-order valence-electron chi connectivity index (χ2n) is 6.44. The van der Waals surface area contributed by atoms with Crippen molar-refractivity contribution < 1.29 is 14.6 Å². The third kappa shape index (κ3) is 15.8. The largest absolute Gasteiger partial charge is 0.464 e.